The molecule has 0 fully saturated rings. The van der Waals surface area contributed by atoms with E-state index in [2.05, 4.69) is 4.72 Å². The van der Waals surface area contributed by atoms with Crippen LogP contribution in [0.1, 0.15) is 0 Å². The van der Waals surface area contributed by atoms with Gasteiger partial charge in [0, 0.05) is 20.2 Å². The van der Waals surface area contributed by atoms with Crippen LogP contribution in [0.2, 0.25) is 0 Å². The largest absolute Gasteiger partial charge is 0.376 e. The summed E-state index contributed by atoms with van der Waals surface area (Å²) in [5, 5.41) is 10.4. The van der Waals surface area contributed by atoms with Gasteiger partial charge in [-0.2, -0.15) is 0 Å². The Morgan fingerprint density at radius 3 is 2.43 bits per heavy atom. The molecule has 1 heterocycles. The molecule has 112 valence electrons. The van der Waals surface area contributed by atoms with Gasteiger partial charge in [-0.15, -0.1) is 0 Å². The van der Waals surface area contributed by atoms with Crippen molar-refractivity contribution in [1.82, 2.24) is 0 Å². The number of nitrogens with zero attached hydrogens (tertiary/aromatic N) is 2. The van der Waals surface area contributed by atoms with Crippen molar-refractivity contribution in [1.29, 1.82) is 0 Å². The van der Waals surface area contributed by atoms with Crippen LogP contribution < -0.4 is 9.62 Å². The molecule has 7 nitrogen and oxygen atoms in total. The lowest BCUT2D eigenvalue weighted by Gasteiger charge is -2.17. The standard InChI is InChI=1S/C12H13N3O4S2/c1-14(2)10-6-4-3-5-9(10)13-21(18,19)12-8-7-11(20-12)15(16)17/h3-8,13H,1-2H3. The summed E-state index contributed by atoms with van der Waals surface area (Å²) >= 11 is 0.618. The highest BCUT2D eigenvalue weighted by molar-refractivity contribution is 7.94. The topological polar surface area (TPSA) is 92.6 Å². The second kappa shape index (κ2) is 5.70. The van der Waals surface area contributed by atoms with E-state index in [0.717, 1.165) is 0 Å². The molecular formula is C12H13N3O4S2. The Bertz CT molecular complexity index is 768. The van der Waals surface area contributed by atoms with Crippen molar-refractivity contribution in [3.05, 3.63) is 46.5 Å². The zero-order valence-electron chi connectivity index (χ0n) is 11.3. The summed E-state index contributed by atoms with van der Waals surface area (Å²) in [4.78, 5) is 11.8. The molecule has 0 aliphatic heterocycles. The summed E-state index contributed by atoms with van der Waals surface area (Å²) in [7, 11) is -0.255. The zero-order valence-corrected chi connectivity index (χ0v) is 12.9. The highest BCUT2D eigenvalue weighted by Gasteiger charge is 2.22. The number of nitro groups is 1. The quantitative estimate of drug-likeness (QED) is 0.673. The second-order valence-electron chi connectivity index (χ2n) is 4.37. The molecule has 9 heteroatoms. The molecule has 0 saturated heterocycles. The Morgan fingerprint density at radius 1 is 1.19 bits per heavy atom. The van der Waals surface area contributed by atoms with Crippen LogP contribution in [-0.2, 0) is 10.0 Å². The summed E-state index contributed by atoms with van der Waals surface area (Å²) in [5.41, 5.74) is 1.12. The Labute approximate surface area is 126 Å². The molecule has 1 aromatic heterocycles. The van der Waals surface area contributed by atoms with Gasteiger partial charge in [0.05, 0.1) is 16.3 Å². The van der Waals surface area contributed by atoms with Crippen molar-refractivity contribution in [3.8, 4) is 0 Å². The lowest BCUT2D eigenvalue weighted by molar-refractivity contribution is -0.380. The first-order chi connectivity index (χ1) is 9.81. The first kappa shape index (κ1) is 15.3. The zero-order chi connectivity index (χ0) is 15.6. The predicted octanol–water partition coefficient (Wildman–Crippen LogP) is 2.52. The van der Waals surface area contributed by atoms with Crippen LogP contribution in [0, 0.1) is 10.1 Å². The summed E-state index contributed by atoms with van der Waals surface area (Å²) in [6, 6.07) is 9.31. The van der Waals surface area contributed by atoms with E-state index in [4.69, 9.17) is 0 Å². The van der Waals surface area contributed by atoms with Crippen molar-refractivity contribution < 1.29 is 13.3 Å². The number of hydrogen-bond acceptors (Lipinski definition) is 6. The third-order valence-corrected chi connectivity index (χ3v) is 5.54. The number of nitrogens with one attached hydrogen (secondary N) is 1. The Kier molecular flexibility index (Phi) is 4.14. The highest BCUT2D eigenvalue weighted by Crippen LogP contribution is 2.31. The number of hydrogen-bond donors (Lipinski definition) is 1. The van der Waals surface area contributed by atoms with Gasteiger partial charge in [0.25, 0.3) is 10.0 Å². The van der Waals surface area contributed by atoms with Crippen LogP contribution in [0.3, 0.4) is 0 Å². The number of sulfonamides is 1. The van der Waals surface area contributed by atoms with Gasteiger partial charge in [-0.05, 0) is 29.5 Å². The summed E-state index contributed by atoms with van der Waals surface area (Å²) in [5.74, 6) is 0. The minimum atomic E-state index is -3.84. The van der Waals surface area contributed by atoms with Crippen LogP contribution in [0.25, 0.3) is 0 Å². The molecular weight excluding hydrogens is 314 g/mol. The molecule has 0 spiro atoms. The molecule has 0 aliphatic carbocycles. The smallest absolute Gasteiger partial charge is 0.325 e. The lowest BCUT2D eigenvalue weighted by atomic mass is 10.2. The normalized spacial score (nSPS) is 11.1. The first-order valence-corrected chi connectivity index (χ1v) is 8.14. The summed E-state index contributed by atoms with van der Waals surface area (Å²) in [6.07, 6.45) is 0. The average Bonchev–Trinajstić information content (AvgIpc) is 2.89. The maximum absolute atomic E-state index is 12.3. The number of anilines is 2. The lowest BCUT2D eigenvalue weighted by Crippen LogP contribution is -2.16. The highest BCUT2D eigenvalue weighted by atomic mass is 32.2. The van der Waals surface area contributed by atoms with E-state index in [1.807, 2.05) is 0 Å². The molecule has 0 radical (unpaired) electrons. The van der Waals surface area contributed by atoms with E-state index < -0.39 is 14.9 Å². The molecule has 0 atom stereocenters. The molecule has 21 heavy (non-hydrogen) atoms. The number of benzene rings is 1. The van der Waals surface area contributed by atoms with Crippen molar-refractivity contribution in [2.75, 3.05) is 23.7 Å². The van der Waals surface area contributed by atoms with E-state index in [1.54, 1.807) is 43.3 Å². The van der Waals surface area contributed by atoms with Crippen molar-refractivity contribution in [2.45, 2.75) is 4.21 Å². The van der Waals surface area contributed by atoms with Crippen molar-refractivity contribution in [3.63, 3.8) is 0 Å². The fraction of sp³-hybridized carbons (Fsp3) is 0.167. The third kappa shape index (κ3) is 3.31. The van der Waals surface area contributed by atoms with Gasteiger partial charge < -0.3 is 4.90 Å². The van der Waals surface area contributed by atoms with Gasteiger partial charge in [0.15, 0.2) is 0 Å². The Balaban J connectivity index is 2.35. The van der Waals surface area contributed by atoms with E-state index >= 15 is 0 Å². The fourth-order valence-electron chi connectivity index (χ4n) is 1.70. The SMILES string of the molecule is CN(C)c1ccccc1NS(=O)(=O)c1ccc([N+](=O)[O-])s1. The van der Waals surface area contributed by atoms with E-state index in [0.29, 0.717) is 22.7 Å². The van der Waals surface area contributed by atoms with Gasteiger partial charge >= 0.3 is 5.00 Å². The average molecular weight is 327 g/mol. The maximum atomic E-state index is 12.3. The molecule has 0 unspecified atom stereocenters. The Hall–Kier alpha value is -2.13. The third-order valence-electron chi connectivity index (χ3n) is 2.64. The monoisotopic (exact) mass is 327 g/mol. The minimum absolute atomic E-state index is 0.0947. The molecule has 0 amide bonds. The Morgan fingerprint density at radius 2 is 1.86 bits per heavy atom. The molecule has 2 aromatic rings. The molecule has 2 rings (SSSR count). The van der Waals surface area contributed by atoms with Crippen LogP contribution in [0.5, 0.6) is 0 Å². The van der Waals surface area contributed by atoms with Gasteiger partial charge in [-0.1, -0.05) is 12.1 Å². The van der Waals surface area contributed by atoms with Crippen LogP contribution in [-0.4, -0.2) is 27.4 Å². The van der Waals surface area contributed by atoms with Gasteiger partial charge in [-0.25, -0.2) is 8.42 Å². The molecule has 1 aromatic carbocycles. The maximum Gasteiger partial charge on any atom is 0.325 e. The molecule has 0 saturated carbocycles. The fourth-order valence-corrected chi connectivity index (χ4v) is 3.88. The van der Waals surface area contributed by atoms with Gasteiger partial charge in [0.2, 0.25) is 0 Å². The number of para-hydroxylation sites is 2. The molecule has 0 bridgehead atoms. The number of rotatable bonds is 5. The minimum Gasteiger partial charge on any atom is -0.376 e. The van der Waals surface area contributed by atoms with Crippen LogP contribution >= 0.6 is 11.3 Å². The van der Waals surface area contributed by atoms with Gasteiger partial charge in [0.1, 0.15) is 4.21 Å². The summed E-state index contributed by atoms with van der Waals surface area (Å²) in [6.45, 7) is 0. The van der Waals surface area contributed by atoms with Crippen molar-refractivity contribution in [2.24, 2.45) is 0 Å². The van der Waals surface area contributed by atoms with E-state index in [9.17, 15) is 18.5 Å². The second-order valence-corrected chi connectivity index (χ2v) is 7.34. The van der Waals surface area contributed by atoms with E-state index in [-0.39, 0.29) is 9.21 Å². The van der Waals surface area contributed by atoms with Crippen LogP contribution in [0.15, 0.2) is 40.6 Å². The molecule has 1 N–H and O–H groups in total. The van der Waals surface area contributed by atoms with Crippen LogP contribution in [0.4, 0.5) is 16.4 Å². The number of thiophene rings is 1. The first-order valence-electron chi connectivity index (χ1n) is 5.84. The van der Waals surface area contributed by atoms with E-state index in [1.165, 1.54) is 12.1 Å². The molecule has 0 aliphatic rings. The van der Waals surface area contributed by atoms with Gasteiger partial charge in [-0.3, -0.25) is 14.8 Å². The predicted molar refractivity (Wildman–Crippen MR) is 82.6 cm³/mol. The van der Waals surface area contributed by atoms with Crippen molar-refractivity contribution >= 4 is 37.7 Å². The summed E-state index contributed by atoms with van der Waals surface area (Å²) < 4.78 is 26.9.